The van der Waals surface area contributed by atoms with Gasteiger partial charge in [-0.25, -0.2) is 9.59 Å². The maximum Gasteiger partial charge on any atom is 0.410 e. The highest BCUT2D eigenvalue weighted by Gasteiger charge is 2.52. The highest BCUT2D eigenvalue weighted by molar-refractivity contribution is 6.33. The molecule has 2 rings (SSSR count). The predicted octanol–water partition coefficient (Wildman–Crippen LogP) is 4.89. The summed E-state index contributed by atoms with van der Waals surface area (Å²) < 4.78 is 10.7. The lowest BCUT2D eigenvalue weighted by Gasteiger charge is -2.28. The maximum atomic E-state index is 12.7. The Morgan fingerprint density at radius 2 is 1.90 bits per heavy atom. The Morgan fingerprint density at radius 3 is 2.42 bits per heavy atom. The molecule has 31 heavy (non-hydrogen) atoms. The Kier molecular flexibility index (Phi) is 7.63. The van der Waals surface area contributed by atoms with Gasteiger partial charge in [-0.1, -0.05) is 31.0 Å². The SMILES string of the molecule is CCCc1cc(Cl)c(C(=O)OCC)c([C@H]2CN(C(=O)OC(C)(C)C)C[C@]2(C)C(=O)O)c1. The lowest BCUT2D eigenvalue weighted by molar-refractivity contribution is -0.147. The molecule has 1 aromatic carbocycles. The van der Waals surface area contributed by atoms with Crippen LogP contribution in [0.1, 0.15) is 75.4 Å². The van der Waals surface area contributed by atoms with E-state index in [1.807, 2.05) is 13.0 Å². The average molecular weight is 454 g/mol. The third kappa shape index (κ3) is 5.50. The van der Waals surface area contributed by atoms with Crippen molar-refractivity contribution in [2.45, 2.75) is 65.9 Å². The third-order valence-electron chi connectivity index (χ3n) is 5.41. The predicted molar refractivity (Wildman–Crippen MR) is 118 cm³/mol. The number of halogens is 1. The molecule has 172 valence electrons. The van der Waals surface area contributed by atoms with Gasteiger partial charge in [0.25, 0.3) is 0 Å². The first-order chi connectivity index (χ1) is 14.3. The van der Waals surface area contributed by atoms with E-state index in [1.54, 1.807) is 40.7 Å². The Hall–Kier alpha value is -2.28. The van der Waals surface area contributed by atoms with E-state index in [0.29, 0.717) is 5.56 Å². The smallest absolute Gasteiger partial charge is 0.410 e. The highest BCUT2D eigenvalue weighted by atomic mass is 35.5. The number of esters is 1. The number of benzene rings is 1. The van der Waals surface area contributed by atoms with Crippen molar-refractivity contribution in [2.24, 2.45) is 5.41 Å². The van der Waals surface area contributed by atoms with Gasteiger partial charge in [0.05, 0.1) is 22.6 Å². The van der Waals surface area contributed by atoms with Crippen molar-refractivity contribution < 1.29 is 29.0 Å². The van der Waals surface area contributed by atoms with E-state index in [4.69, 9.17) is 21.1 Å². The summed E-state index contributed by atoms with van der Waals surface area (Å²) in [5, 5.41) is 10.3. The molecular weight excluding hydrogens is 422 g/mol. The van der Waals surface area contributed by atoms with Crippen molar-refractivity contribution in [1.82, 2.24) is 4.90 Å². The fourth-order valence-electron chi connectivity index (χ4n) is 3.93. The number of carboxylic acids is 1. The van der Waals surface area contributed by atoms with Crippen LogP contribution in [0.2, 0.25) is 5.02 Å². The molecule has 1 N–H and O–H groups in total. The highest BCUT2D eigenvalue weighted by Crippen LogP contribution is 2.46. The number of carbonyl (C=O) groups is 3. The number of carbonyl (C=O) groups excluding carboxylic acids is 2. The second-order valence-corrected chi connectivity index (χ2v) is 9.56. The number of aryl methyl sites for hydroxylation is 1. The van der Waals surface area contributed by atoms with Gasteiger partial charge in [-0.3, -0.25) is 4.79 Å². The molecule has 1 aromatic rings. The van der Waals surface area contributed by atoms with Gasteiger partial charge in [-0.05, 0) is 58.2 Å². The summed E-state index contributed by atoms with van der Waals surface area (Å²) in [6.45, 7) is 10.8. The molecule has 1 amide bonds. The summed E-state index contributed by atoms with van der Waals surface area (Å²) in [6.07, 6.45) is 0.998. The number of carboxylic acid groups (broad SMARTS) is 1. The first kappa shape index (κ1) is 25.0. The molecule has 0 radical (unpaired) electrons. The summed E-state index contributed by atoms with van der Waals surface area (Å²) in [7, 11) is 0. The molecule has 0 saturated carbocycles. The maximum absolute atomic E-state index is 12.7. The summed E-state index contributed by atoms with van der Waals surface area (Å²) >= 11 is 6.48. The number of aliphatic carboxylic acids is 1. The molecule has 0 aromatic heterocycles. The zero-order valence-electron chi connectivity index (χ0n) is 19.1. The van der Waals surface area contributed by atoms with E-state index in [0.717, 1.165) is 18.4 Å². The van der Waals surface area contributed by atoms with Crippen LogP contribution in [0.25, 0.3) is 0 Å². The van der Waals surface area contributed by atoms with Gasteiger partial charge >= 0.3 is 18.0 Å². The fourth-order valence-corrected chi connectivity index (χ4v) is 4.26. The van der Waals surface area contributed by atoms with Crippen molar-refractivity contribution >= 4 is 29.6 Å². The average Bonchev–Trinajstić information content (AvgIpc) is 2.99. The van der Waals surface area contributed by atoms with Crippen molar-refractivity contribution in [1.29, 1.82) is 0 Å². The van der Waals surface area contributed by atoms with Crippen LogP contribution < -0.4 is 0 Å². The first-order valence-corrected chi connectivity index (χ1v) is 10.9. The van der Waals surface area contributed by atoms with E-state index in [1.165, 1.54) is 4.90 Å². The normalized spacial score (nSPS) is 21.1. The number of hydrogen-bond donors (Lipinski definition) is 1. The van der Waals surface area contributed by atoms with Crippen LogP contribution >= 0.6 is 11.6 Å². The minimum atomic E-state index is -1.33. The van der Waals surface area contributed by atoms with Crippen LogP contribution in [-0.2, 0) is 20.7 Å². The lowest BCUT2D eigenvalue weighted by atomic mass is 9.74. The molecule has 2 atom stereocenters. The second-order valence-electron chi connectivity index (χ2n) is 9.15. The Bertz CT molecular complexity index is 862. The van der Waals surface area contributed by atoms with Crippen LogP contribution in [0.4, 0.5) is 4.79 Å². The minimum absolute atomic E-state index is 0.0419. The summed E-state index contributed by atoms with van der Waals surface area (Å²) in [4.78, 5) is 39.2. The molecule has 1 saturated heterocycles. The van der Waals surface area contributed by atoms with E-state index in [2.05, 4.69) is 0 Å². The van der Waals surface area contributed by atoms with E-state index in [9.17, 15) is 19.5 Å². The van der Waals surface area contributed by atoms with E-state index < -0.39 is 35.0 Å². The van der Waals surface area contributed by atoms with Crippen LogP contribution in [0.3, 0.4) is 0 Å². The van der Waals surface area contributed by atoms with Gasteiger partial charge < -0.3 is 19.5 Å². The number of hydrogen-bond acceptors (Lipinski definition) is 5. The van der Waals surface area contributed by atoms with Gasteiger partial charge in [-0.15, -0.1) is 0 Å². The van der Waals surface area contributed by atoms with Crippen molar-refractivity contribution in [2.75, 3.05) is 19.7 Å². The van der Waals surface area contributed by atoms with Crippen LogP contribution in [-0.4, -0.2) is 53.3 Å². The van der Waals surface area contributed by atoms with Gasteiger partial charge in [0.1, 0.15) is 5.60 Å². The Labute approximate surface area is 188 Å². The van der Waals surface area contributed by atoms with E-state index in [-0.39, 0.29) is 30.3 Å². The molecular formula is C23H32ClNO6. The standard InChI is InChI=1S/C23H32ClNO6/c1-7-9-14-10-15(18(17(24)11-14)19(26)30-8-2)16-12-25(13-23(16,6)20(27)28)21(29)31-22(3,4)5/h10-11,16H,7-9,12-13H2,1-6H3,(H,27,28)/t16-,23+/m1/s1. The molecule has 8 heteroatoms. The molecule has 1 aliphatic heterocycles. The number of amides is 1. The molecule has 1 heterocycles. The number of nitrogens with zero attached hydrogens (tertiary/aromatic N) is 1. The Balaban J connectivity index is 2.60. The number of ether oxygens (including phenoxy) is 2. The zero-order chi connectivity index (χ0) is 23.6. The van der Waals surface area contributed by atoms with Gasteiger partial charge in [0.15, 0.2) is 0 Å². The molecule has 0 bridgehead atoms. The van der Waals surface area contributed by atoms with Gasteiger partial charge in [-0.2, -0.15) is 0 Å². The van der Waals surface area contributed by atoms with Crippen LogP contribution in [0, 0.1) is 5.41 Å². The molecule has 0 aliphatic carbocycles. The third-order valence-corrected chi connectivity index (χ3v) is 5.70. The van der Waals surface area contributed by atoms with Gasteiger partial charge in [0.2, 0.25) is 0 Å². The monoisotopic (exact) mass is 453 g/mol. The summed E-state index contributed by atoms with van der Waals surface area (Å²) in [5.41, 5.74) is -0.488. The quantitative estimate of drug-likeness (QED) is 0.616. The van der Waals surface area contributed by atoms with E-state index >= 15 is 0 Å². The molecule has 0 spiro atoms. The largest absolute Gasteiger partial charge is 0.481 e. The lowest BCUT2D eigenvalue weighted by Crippen LogP contribution is -2.38. The molecule has 0 unspecified atom stereocenters. The topological polar surface area (TPSA) is 93.1 Å². The summed E-state index contributed by atoms with van der Waals surface area (Å²) in [5.74, 6) is -2.32. The summed E-state index contributed by atoms with van der Waals surface area (Å²) in [6, 6.07) is 3.55. The minimum Gasteiger partial charge on any atom is -0.481 e. The molecule has 7 nitrogen and oxygen atoms in total. The van der Waals surface area contributed by atoms with Crippen molar-refractivity contribution in [3.05, 3.63) is 33.8 Å². The number of rotatable bonds is 6. The molecule has 1 aliphatic rings. The Morgan fingerprint density at radius 1 is 1.26 bits per heavy atom. The van der Waals surface area contributed by atoms with Crippen molar-refractivity contribution in [3.63, 3.8) is 0 Å². The molecule has 1 fully saturated rings. The first-order valence-electron chi connectivity index (χ1n) is 10.5. The fraction of sp³-hybridized carbons (Fsp3) is 0.609. The van der Waals surface area contributed by atoms with Crippen LogP contribution in [0.5, 0.6) is 0 Å². The van der Waals surface area contributed by atoms with Crippen LogP contribution in [0.15, 0.2) is 12.1 Å². The number of likely N-dealkylation sites (tertiary alicyclic amines) is 1. The zero-order valence-corrected chi connectivity index (χ0v) is 19.8. The second kappa shape index (κ2) is 9.47. The van der Waals surface area contributed by atoms with Crippen molar-refractivity contribution in [3.8, 4) is 0 Å². The van der Waals surface area contributed by atoms with Gasteiger partial charge in [0, 0.05) is 19.0 Å².